The number of aromatic nitrogens is 1. The zero-order valence-electron chi connectivity index (χ0n) is 16.1. The molecule has 1 saturated heterocycles. The number of carbonyl (C=O) groups is 1. The lowest BCUT2D eigenvalue weighted by Gasteiger charge is -2.39. The maximum absolute atomic E-state index is 13.4. The molecule has 7 heteroatoms. The molecule has 2 aliphatic rings. The van der Waals surface area contributed by atoms with E-state index in [9.17, 15) is 9.18 Å². The zero-order chi connectivity index (χ0) is 20.7. The van der Waals surface area contributed by atoms with Gasteiger partial charge in [-0.05, 0) is 41.5 Å². The number of halogens is 2. The summed E-state index contributed by atoms with van der Waals surface area (Å²) in [6.07, 6.45) is 1.71. The van der Waals surface area contributed by atoms with Gasteiger partial charge in [-0.15, -0.1) is 0 Å². The summed E-state index contributed by atoms with van der Waals surface area (Å²) in [5, 5.41) is 3.36. The maximum Gasteiger partial charge on any atom is 0.251 e. The first-order valence-corrected chi connectivity index (χ1v) is 10.1. The van der Waals surface area contributed by atoms with Gasteiger partial charge in [-0.1, -0.05) is 29.8 Å². The van der Waals surface area contributed by atoms with Gasteiger partial charge < -0.3 is 10.1 Å². The van der Waals surface area contributed by atoms with Crippen LogP contribution in [0.4, 0.5) is 4.39 Å². The molecule has 0 radical (unpaired) electrons. The number of amides is 1. The molecular formula is C23H19ClFN3O2. The van der Waals surface area contributed by atoms with Crippen molar-refractivity contribution in [1.29, 1.82) is 0 Å². The predicted molar refractivity (Wildman–Crippen MR) is 112 cm³/mol. The Hall–Kier alpha value is -2.96. The molecule has 2 aromatic carbocycles. The summed E-state index contributed by atoms with van der Waals surface area (Å²) in [5.74, 6) is 0.313. The van der Waals surface area contributed by atoms with Crippen LogP contribution in [0.1, 0.15) is 21.5 Å². The number of carbonyl (C=O) groups excluding carboxylic acids is 1. The van der Waals surface area contributed by atoms with E-state index in [1.54, 1.807) is 18.3 Å². The largest absolute Gasteiger partial charge is 0.487 e. The molecule has 0 atom stereocenters. The summed E-state index contributed by atoms with van der Waals surface area (Å²) in [6.45, 7) is 2.75. The van der Waals surface area contributed by atoms with Crippen LogP contribution in [0.5, 0.6) is 5.75 Å². The molecule has 5 rings (SSSR count). The number of pyridine rings is 1. The fourth-order valence-corrected chi connectivity index (χ4v) is 4.07. The molecule has 0 spiro atoms. The average Bonchev–Trinajstić information content (AvgIpc) is 3.08. The molecule has 1 fully saturated rings. The van der Waals surface area contributed by atoms with Crippen LogP contribution in [0.25, 0.3) is 11.1 Å². The van der Waals surface area contributed by atoms with Crippen LogP contribution in [0.2, 0.25) is 5.15 Å². The van der Waals surface area contributed by atoms with Crippen molar-refractivity contribution in [2.24, 2.45) is 0 Å². The lowest BCUT2D eigenvalue weighted by Crippen LogP contribution is -2.53. The first kappa shape index (κ1) is 19.0. The molecule has 1 aromatic heterocycles. The van der Waals surface area contributed by atoms with Crippen molar-refractivity contribution in [2.45, 2.75) is 19.2 Å². The molecule has 1 N–H and O–H groups in total. The van der Waals surface area contributed by atoms with Crippen LogP contribution in [0.3, 0.4) is 0 Å². The molecule has 5 nitrogen and oxygen atoms in total. The van der Waals surface area contributed by atoms with Crippen molar-refractivity contribution in [2.75, 3.05) is 13.1 Å². The molecule has 30 heavy (non-hydrogen) atoms. The van der Waals surface area contributed by atoms with E-state index in [0.717, 1.165) is 41.9 Å². The Morgan fingerprint density at radius 2 is 1.97 bits per heavy atom. The second-order valence-electron chi connectivity index (χ2n) is 7.58. The molecule has 1 amide bonds. The van der Waals surface area contributed by atoms with Gasteiger partial charge >= 0.3 is 0 Å². The first-order valence-electron chi connectivity index (χ1n) is 9.76. The van der Waals surface area contributed by atoms with E-state index in [4.69, 9.17) is 16.3 Å². The Kier molecular flexibility index (Phi) is 4.89. The van der Waals surface area contributed by atoms with Crippen molar-refractivity contribution in [1.82, 2.24) is 15.2 Å². The van der Waals surface area contributed by atoms with Gasteiger partial charge in [-0.3, -0.25) is 9.69 Å². The Bertz CT molecular complexity index is 1110. The monoisotopic (exact) mass is 423 g/mol. The van der Waals surface area contributed by atoms with Crippen LogP contribution < -0.4 is 10.1 Å². The minimum Gasteiger partial charge on any atom is -0.487 e. The number of fused-ring (bicyclic) bond motifs is 1. The Labute approximate surface area is 178 Å². The highest BCUT2D eigenvalue weighted by Crippen LogP contribution is 2.36. The third-order valence-corrected chi connectivity index (χ3v) is 5.83. The smallest absolute Gasteiger partial charge is 0.251 e. The number of hydrogen-bond donors (Lipinski definition) is 1. The van der Waals surface area contributed by atoms with Crippen molar-refractivity contribution in [3.05, 3.63) is 82.4 Å². The molecule has 0 unspecified atom stereocenters. The normalized spacial score (nSPS) is 16.1. The third-order valence-electron chi connectivity index (χ3n) is 5.49. The highest BCUT2D eigenvalue weighted by atomic mass is 35.5. The predicted octanol–water partition coefficient (Wildman–Crippen LogP) is 4.05. The molecule has 0 saturated carbocycles. The van der Waals surface area contributed by atoms with E-state index < -0.39 is 0 Å². The molecule has 152 valence electrons. The van der Waals surface area contributed by atoms with Gasteiger partial charge in [0.2, 0.25) is 0 Å². The van der Waals surface area contributed by atoms with Crippen molar-refractivity contribution >= 4 is 17.5 Å². The van der Waals surface area contributed by atoms with E-state index in [1.165, 1.54) is 12.1 Å². The van der Waals surface area contributed by atoms with Gasteiger partial charge in [-0.2, -0.15) is 0 Å². The van der Waals surface area contributed by atoms with Crippen LogP contribution >= 0.6 is 11.6 Å². The SMILES string of the molecule is O=C1NCc2cc(OC3CN(Cc4cccnc4Cl)C3)c(-c3ccc(F)cc3)cc21. The molecule has 2 aliphatic heterocycles. The molecular weight excluding hydrogens is 405 g/mol. The van der Waals surface area contributed by atoms with E-state index in [-0.39, 0.29) is 17.8 Å². The summed E-state index contributed by atoms with van der Waals surface area (Å²) in [5.41, 5.74) is 4.15. The Balaban J connectivity index is 1.35. The number of benzene rings is 2. The minimum atomic E-state index is -0.302. The lowest BCUT2D eigenvalue weighted by atomic mass is 9.98. The van der Waals surface area contributed by atoms with Crippen molar-refractivity contribution in [3.8, 4) is 16.9 Å². The summed E-state index contributed by atoms with van der Waals surface area (Å²) >= 11 is 6.15. The number of rotatable bonds is 5. The number of likely N-dealkylation sites (tertiary alicyclic amines) is 1. The third kappa shape index (κ3) is 3.64. The standard InChI is InChI=1S/C23H19ClFN3O2/c24-22-15(2-1-7-26-22)11-28-12-18(13-28)30-21-8-16-10-27-23(29)20(16)9-19(21)14-3-5-17(25)6-4-14/h1-9,18H,10-13H2,(H,27,29). The van der Waals surface area contributed by atoms with E-state index in [0.29, 0.717) is 23.0 Å². The van der Waals surface area contributed by atoms with E-state index >= 15 is 0 Å². The highest BCUT2D eigenvalue weighted by molar-refractivity contribution is 6.30. The summed E-state index contributed by atoms with van der Waals surface area (Å²) in [6, 6.07) is 13.8. The first-order chi connectivity index (χ1) is 14.6. The van der Waals surface area contributed by atoms with Gasteiger partial charge in [0.05, 0.1) is 0 Å². The summed E-state index contributed by atoms with van der Waals surface area (Å²) < 4.78 is 19.7. The summed E-state index contributed by atoms with van der Waals surface area (Å²) in [7, 11) is 0. The number of nitrogens with zero attached hydrogens (tertiary/aromatic N) is 2. The van der Waals surface area contributed by atoms with Gasteiger partial charge in [0.1, 0.15) is 22.8 Å². The number of nitrogens with one attached hydrogen (secondary N) is 1. The number of ether oxygens (including phenoxy) is 1. The van der Waals surface area contributed by atoms with Gasteiger partial charge in [0.25, 0.3) is 5.91 Å². The molecule has 0 bridgehead atoms. The van der Waals surface area contributed by atoms with E-state index in [2.05, 4.69) is 15.2 Å². The summed E-state index contributed by atoms with van der Waals surface area (Å²) in [4.78, 5) is 18.5. The minimum absolute atomic E-state index is 0.0303. The lowest BCUT2D eigenvalue weighted by molar-refractivity contribution is 0.0148. The van der Waals surface area contributed by atoms with Gasteiger partial charge in [0, 0.05) is 49.1 Å². The van der Waals surface area contributed by atoms with Crippen molar-refractivity contribution in [3.63, 3.8) is 0 Å². The fourth-order valence-electron chi connectivity index (χ4n) is 3.89. The van der Waals surface area contributed by atoms with Crippen LogP contribution in [-0.4, -0.2) is 35.0 Å². The Morgan fingerprint density at radius 1 is 1.17 bits per heavy atom. The fraction of sp³-hybridized carbons (Fsp3) is 0.217. The molecule has 3 heterocycles. The molecule has 0 aliphatic carbocycles. The zero-order valence-corrected chi connectivity index (χ0v) is 16.8. The average molecular weight is 424 g/mol. The highest BCUT2D eigenvalue weighted by Gasteiger charge is 2.31. The molecule has 3 aromatic rings. The second kappa shape index (κ2) is 7.70. The maximum atomic E-state index is 13.4. The van der Waals surface area contributed by atoms with Crippen molar-refractivity contribution < 1.29 is 13.9 Å². The van der Waals surface area contributed by atoms with Crippen LogP contribution in [0.15, 0.2) is 54.7 Å². The van der Waals surface area contributed by atoms with E-state index in [1.807, 2.05) is 24.3 Å². The Morgan fingerprint density at radius 3 is 2.73 bits per heavy atom. The van der Waals surface area contributed by atoms with Crippen LogP contribution in [0, 0.1) is 5.82 Å². The topological polar surface area (TPSA) is 54.5 Å². The van der Waals surface area contributed by atoms with Gasteiger partial charge in [-0.25, -0.2) is 9.37 Å². The second-order valence-corrected chi connectivity index (χ2v) is 7.94. The van der Waals surface area contributed by atoms with Crippen LogP contribution in [-0.2, 0) is 13.1 Å². The quantitative estimate of drug-likeness (QED) is 0.629. The number of hydrogen-bond acceptors (Lipinski definition) is 4. The van der Waals surface area contributed by atoms with Gasteiger partial charge in [0.15, 0.2) is 0 Å².